The Balaban J connectivity index is 2.03. The molecule has 104 valence electrons. The van der Waals surface area contributed by atoms with Gasteiger partial charge in [-0.2, -0.15) is 0 Å². The largest absolute Gasteiger partial charge is 0.492 e. The first-order chi connectivity index (χ1) is 8.97. The van der Waals surface area contributed by atoms with Gasteiger partial charge in [-0.3, -0.25) is 0 Å². The predicted molar refractivity (Wildman–Crippen MR) is 71.8 cm³/mol. The van der Waals surface area contributed by atoms with E-state index in [9.17, 15) is 8.42 Å². The van der Waals surface area contributed by atoms with Gasteiger partial charge in [0.2, 0.25) is 10.0 Å². The highest BCUT2D eigenvalue weighted by Gasteiger charge is 2.30. The SMILES string of the molecule is NC1CCOc2c(Cl)cc(S(=O)(=O)NC3CC3)cc21. The summed E-state index contributed by atoms with van der Waals surface area (Å²) >= 11 is 6.10. The van der Waals surface area contributed by atoms with Crippen molar-refractivity contribution in [2.24, 2.45) is 5.73 Å². The Labute approximate surface area is 117 Å². The molecular weight excluding hydrogens is 288 g/mol. The number of sulfonamides is 1. The van der Waals surface area contributed by atoms with Gasteiger partial charge >= 0.3 is 0 Å². The lowest BCUT2D eigenvalue weighted by Crippen LogP contribution is -2.27. The molecule has 5 nitrogen and oxygen atoms in total. The van der Waals surface area contributed by atoms with Gasteiger partial charge in [-0.25, -0.2) is 13.1 Å². The maximum Gasteiger partial charge on any atom is 0.240 e. The smallest absolute Gasteiger partial charge is 0.240 e. The Hall–Kier alpha value is -0.820. The van der Waals surface area contributed by atoms with Crippen LogP contribution in [0.25, 0.3) is 0 Å². The van der Waals surface area contributed by atoms with Crippen molar-refractivity contribution in [1.82, 2.24) is 4.72 Å². The summed E-state index contributed by atoms with van der Waals surface area (Å²) in [6.45, 7) is 0.500. The summed E-state index contributed by atoms with van der Waals surface area (Å²) in [5.41, 5.74) is 6.65. The second-order valence-corrected chi connectivity index (χ2v) is 7.08. The van der Waals surface area contributed by atoms with Crippen molar-refractivity contribution in [3.8, 4) is 5.75 Å². The van der Waals surface area contributed by atoms with Crippen molar-refractivity contribution < 1.29 is 13.2 Å². The number of nitrogens with one attached hydrogen (secondary N) is 1. The lowest BCUT2D eigenvalue weighted by atomic mass is 10.0. The zero-order valence-corrected chi connectivity index (χ0v) is 11.8. The lowest BCUT2D eigenvalue weighted by molar-refractivity contribution is 0.269. The first kappa shape index (κ1) is 13.2. The summed E-state index contributed by atoms with van der Waals surface area (Å²) in [7, 11) is -3.52. The van der Waals surface area contributed by atoms with Crippen LogP contribution in [0.1, 0.15) is 30.9 Å². The van der Waals surface area contributed by atoms with Crippen LogP contribution in [0.4, 0.5) is 0 Å². The van der Waals surface area contributed by atoms with Crippen LogP contribution in [0.5, 0.6) is 5.75 Å². The third kappa shape index (κ3) is 2.58. The van der Waals surface area contributed by atoms with E-state index in [-0.39, 0.29) is 17.0 Å². The van der Waals surface area contributed by atoms with Gasteiger partial charge < -0.3 is 10.5 Å². The van der Waals surface area contributed by atoms with Crippen molar-refractivity contribution in [3.05, 3.63) is 22.7 Å². The minimum atomic E-state index is -3.52. The third-order valence-electron chi connectivity index (χ3n) is 3.33. The first-order valence-corrected chi connectivity index (χ1v) is 8.07. The summed E-state index contributed by atoms with van der Waals surface area (Å²) in [5, 5.41) is 0.295. The molecule has 0 spiro atoms. The summed E-state index contributed by atoms with van der Waals surface area (Å²) in [6.07, 6.45) is 2.43. The minimum absolute atomic E-state index is 0.0599. The average Bonchev–Trinajstić information content (AvgIpc) is 3.13. The van der Waals surface area contributed by atoms with Crippen LogP contribution in [0, 0.1) is 0 Å². The Bertz CT molecular complexity index is 614. The molecule has 1 heterocycles. The Morgan fingerprint density at radius 1 is 1.32 bits per heavy atom. The molecule has 1 aromatic carbocycles. The number of halogens is 1. The molecule has 3 rings (SSSR count). The van der Waals surface area contributed by atoms with Crippen LogP contribution < -0.4 is 15.2 Å². The van der Waals surface area contributed by atoms with Gasteiger partial charge in [0.1, 0.15) is 5.75 Å². The molecule has 1 aromatic rings. The maximum absolute atomic E-state index is 12.2. The standard InChI is InChI=1S/C12H15ClN2O3S/c13-10-6-8(19(16,17)15-7-1-2-7)5-9-11(14)3-4-18-12(9)10/h5-7,11,15H,1-4,14H2. The molecule has 19 heavy (non-hydrogen) atoms. The number of benzene rings is 1. The molecule has 0 saturated heterocycles. The molecule has 0 bridgehead atoms. The van der Waals surface area contributed by atoms with Crippen LogP contribution in [0.2, 0.25) is 5.02 Å². The molecule has 1 unspecified atom stereocenters. The van der Waals surface area contributed by atoms with E-state index in [4.69, 9.17) is 22.1 Å². The fraction of sp³-hybridized carbons (Fsp3) is 0.500. The quantitative estimate of drug-likeness (QED) is 0.888. The van der Waals surface area contributed by atoms with E-state index in [0.29, 0.717) is 29.4 Å². The van der Waals surface area contributed by atoms with Crippen LogP contribution in [0.15, 0.2) is 17.0 Å². The third-order valence-corrected chi connectivity index (χ3v) is 5.11. The van der Waals surface area contributed by atoms with Gasteiger partial charge in [0.15, 0.2) is 0 Å². The van der Waals surface area contributed by atoms with Crippen molar-refractivity contribution in [2.75, 3.05) is 6.61 Å². The molecule has 1 saturated carbocycles. The molecule has 1 aliphatic carbocycles. The molecule has 2 aliphatic rings. The van der Waals surface area contributed by atoms with Gasteiger partial charge in [-0.1, -0.05) is 11.6 Å². The maximum atomic E-state index is 12.2. The van der Waals surface area contributed by atoms with E-state index in [1.807, 2.05) is 0 Å². The Morgan fingerprint density at radius 3 is 2.74 bits per heavy atom. The monoisotopic (exact) mass is 302 g/mol. The molecule has 1 atom stereocenters. The molecule has 0 radical (unpaired) electrons. The highest BCUT2D eigenvalue weighted by Crippen LogP contribution is 2.39. The number of rotatable bonds is 3. The number of fused-ring (bicyclic) bond motifs is 1. The van der Waals surface area contributed by atoms with E-state index in [1.165, 1.54) is 6.07 Å². The summed E-state index contributed by atoms with van der Waals surface area (Å²) in [5.74, 6) is 0.505. The summed E-state index contributed by atoms with van der Waals surface area (Å²) in [4.78, 5) is 0.157. The second kappa shape index (κ2) is 4.63. The lowest BCUT2D eigenvalue weighted by Gasteiger charge is -2.24. The van der Waals surface area contributed by atoms with Gasteiger partial charge in [-0.15, -0.1) is 0 Å². The van der Waals surface area contributed by atoms with Gasteiger partial charge in [-0.05, 0) is 25.0 Å². The first-order valence-electron chi connectivity index (χ1n) is 6.21. The fourth-order valence-electron chi connectivity index (χ4n) is 2.10. The fourth-order valence-corrected chi connectivity index (χ4v) is 3.82. The van der Waals surface area contributed by atoms with E-state index in [1.54, 1.807) is 6.07 Å². The number of hydrogen-bond acceptors (Lipinski definition) is 4. The molecule has 7 heteroatoms. The summed E-state index contributed by atoms with van der Waals surface area (Å²) < 4.78 is 32.4. The molecular formula is C12H15ClN2O3S. The highest BCUT2D eigenvalue weighted by molar-refractivity contribution is 7.89. The van der Waals surface area contributed by atoms with E-state index < -0.39 is 10.0 Å². The summed E-state index contributed by atoms with van der Waals surface area (Å²) in [6, 6.07) is 2.81. The van der Waals surface area contributed by atoms with Gasteiger partial charge in [0.05, 0.1) is 16.5 Å². The van der Waals surface area contributed by atoms with E-state index in [2.05, 4.69) is 4.72 Å². The Kier molecular flexibility index (Phi) is 3.21. The molecule has 0 aromatic heterocycles. The predicted octanol–water partition coefficient (Wildman–Crippen LogP) is 1.56. The molecule has 3 N–H and O–H groups in total. The average molecular weight is 303 g/mol. The van der Waals surface area contributed by atoms with Crippen molar-refractivity contribution in [3.63, 3.8) is 0 Å². The highest BCUT2D eigenvalue weighted by atomic mass is 35.5. The van der Waals surface area contributed by atoms with Crippen LogP contribution in [0.3, 0.4) is 0 Å². The van der Waals surface area contributed by atoms with Crippen LogP contribution >= 0.6 is 11.6 Å². The van der Waals surface area contributed by atoms with E-state index >= 15 is 0 Å². The second-order valence-electron chi connectivity index (χ2n) is 4.96. The van der Waals surface area contributed by atoms with Crippen LogP contribution in [-0.2, 0) is 10.0 Å². The zero-order valence-electron chi connectivity index (χ0n) is 10.2. The molecule has 0 amide bonds. The van der Waals surface area contributed by atoms with E-state index in [0.717, 1.165) is 12.8 Å². The van der Waals surface area contributed by atoms with Crippen LogP contribution in [-0.4, -0.2) is 21.1 Å². The normalized spacial score (nSPS) is 22.7. The molecule has 1 fully saturated rings. The minimum Gasteiger partial charge on any atom is -0.492 e. The zero-order chi connectivity index (χ0) is 13.6. The van der Waals surface area contributed by atoms with Crippen molar-refractivity contribution >= 4 is 21.6 Å². The van der Waals surface area contributed by atoms with Gasteiger partial charge in [0.25, 0.3) is 0 Å². The Morgan fingerprint density at radius 2 is 2.05 bits per heavy atom. The number of hydrogen-bond donors (Lipinski definition) is 2. The van der Waals surface area contributed by atoms with Crippen molar-refractivity contribution in [2.45, 2.75) is 36.2 Å². The van der Waals surface area contributed by atoms with Gasteiger partial charge in [0, 0.05) is 24.1 Å². The topological polar surface area (TPSA) is 81.4 Å². The molecule has 1 aliphatic heterocycles. The number of nitrogens with two attached hydrogens (primary N) is 1. The number of ether oxygens (including phenoxy) is 1. The van der Waals surface area contributed by atoms with Crippen molar-refractivity contribution in [1.29, 1.82) is 0 Å².